The number of carboxylic acid groups (broad SMARTS) is 1. The second-order valence-corrected chi connectivity index (χ2v) is 3.53. The highest BCUT2D eigenvalue weighted by Crippen LogP contribution is 2.23. The molecule has 0 bridgehead atoms. The monoisotopic (exact) mass is 203 g/mol. The largest absolute Gasteiger partial charge is 0.479 e. The van der Waals surface area contributed by atoms with E-state index in [1.807, 2.05) is 0 Å². The number of nitrogens with zero attached hydrogens (tertiary/aromatic N) is 1. The first kappa shape index (κ1) is 12.9. The van der Waals surface area contributed by atoms with Gasteiger partial charge in [-0.3, -0.25) is 4.79 Å². The zero-order chi connectivity index (χ0) is 11.4. The van der Waals surface area contributed by atoms with Crippen LogP contribution < -0.4 is 0 Å². The van der Waals surface area contributed by atoms with E-state index in [-0.39, 0.29) is 12.5 Å². The number of hydrogen-bond donors (Lipinski definition) is 1. The second-order valence-electron chi connectivity index (χ2n) is 3.53. The van der Waals surface area contributed by atoms with Gasteiger partial charge in [0, 0.05) is 14.2 Å². The van der Waals surface area contributed by atoms with E-state index in [2.05, 4.69) is 0 Å². The van der Waals surface area contributed by atoms with Crippen LogP contribution in [0, 0.1) is 5.92 Å². The van der Waals surface area contributed by atoms with E-state index in [1.54, 1.807) is 13.8 Å². The molecule has 0 aromatic rings. The Morgan fingerprint density at radius 2 is 2.14 bits per heavy atom. The van der Waals surface area contributed by atoms with E-state index in [1.165, 1.54) is 14.2 Å². The van der Waals surface area contributed by atoms with Gasteiger partial charge in [-0.05, 0) is 5.92 Å². The molecule has 14 heavy (non-hydrogen) atoms. The normalized spacial score (nSPS) is 14.9. The lowest BCUT2D eigenvalue weighted by Crippen LogP contribution is -2.59. The summed E-state index contributed by atoms with van der Waals surface area (Å²) in [5.74, 6) is -1.28. The summed E-state index contributed by atoms with van der Waals surface area (Å²) in [7, 11) is 2.86. The first-order chi connectivity index (χ1) is 6.43. The third kappa shape index (κ3) is 2.04. The molecule has 82 valence electrons. The fourth-order valence-electron chi connectivity index (χ4n) is 1.45. The van der Waals surface area contributed by atoms with E-state index in [0.29, 0.717) is 6.41 Å². The Labute approximate surface area is 83.6 Å². The fraction of sp³-hybridized carbons (Fsp3) is 0.778. The Morgan fingerprint density at radius 3 is 2.36 bits per heavy atom. The van der Waals surface area contributed by atoms with Crippen molar-refractivity contribution in [2.24, 2.45) is 5.92 Å². The Bertz CT molecular complexity index is 217. The Kier molecular flexibility index (Phi) is 4.56. The Balaban J connectivity index is 5.13. The molecular weight excluding hydrogens is 186 g/mol. The average Bonchev–Trinajstić information content (AvgIpc) is 2.11. The molecule has 0 aliphatic heterocycles. The molecule has 0 saturated carbocycles. The van der Waals surface area contributed by atoms with E-state index in [0.717, 1.165) is 4.90 Å². The highest BCUT2D eigenvalue weighted by Gasteiger charge is 2.45. The summed E-state index contributed by atoms with van der Waals surface area (Å²) in [4.78, 5) is 23.0. The van der Waals surface area contributed by atoms with Crippen molar-refractivity contribution in [3.05, 3.63) is 0 Å². The molecule has 1 amide bonds. The molecule has 1 atom stereocenters. The number of ether oxygens (including phenoxy) is 1. The average molecular weight is 203 g/mol. The predicted molar refractivity (Wildman–Crippen MR) is 50.9 cm³/mol. The standard InChI is InChI=1S/C9H17NO4/c1-7(2)9(5-14-4,8(12)13)10(3)6-11/h6-7H,5H2,1-4H3,(H,12,13). The lowest BCUT2D eigenvalue weighted by atomic mass is 9.86. The summed E-state index contributed by atoms with van der Waals surface area (Å²) in [5.41, 5.74) is -1.28. The lowest BCUT2D eigenvalue weighted by Gasteiger charge is -2.38. The second kappa shape index (κ2) is 4.95. The van der Waals surface area contributed by atoms with Crippen LogP contribution in [0.3, 0.4) is 0 Å². The van der Waals surface area contributed by atoms with Crippen LogP contribution in [0.25, 0.3) is 0 Å². The van der Waals surface area contributed by atoms with Gasteiger partial charge in [-0.2, -0.15) is 0 Å². The van der Waals surface area contributed by atoms with Crippen LogP contribution in [0.4, 0.5) is 0 Å². The quantitative estimate of drug-likeness (QED) is 0.626. The molecule has 0 aliphatic rings. The molecule has 0 radical (unpaired) electrons. The van der Waals surface area contributed by atoms with E-state index < -0.39 is 11.5 Å². The molecule has 1 unspecified atom stereocenters. The van der Waals surface area contributed by atoms with Gasteiger partial charge in [0.2, 0.25) is 6.41 Å². The molecule has 1 N–H and O–H groups in total. The summed E-state index contributed by atoms with van der Waals surface area (Å²) in [5, 5.41) is 9.15. The Morgan fingerprint density at radius 1 is 1.64 bits per heavy atom. The van der Waals surface area contributed by atoms with Crippen LogP contribution in [-0.2, 0) is 14.3 Å². The lowest BCUT2D eigenvalue weighted by molar-refractivity contribution is -0.161. The van der Waals surface area contributed by atoms with Crippen LogP contribution in [0.5, 0.6) is 0 Å². The highest BCUT2D eigenvalue weighted by molar-refractivity contribution is 5.82. The van der Waals surface area contributed by atoms with Crippen LogP contribution >= 0.6 is 0 Å². The molecule has 5 heteroatoms. The van der Waals surface area contributed by atoms with E-state index >= 15 is 0 Å². The van der Waals surface area contributed by atoms with Crippen LogP contribution in [-0.4, -0.2) is 48.7 Å². The number of rotatable bonds is 6. The number of aliphatic carboxylic acids is 1. The van der Waals surface area contributed by atoms with Crippen molar-refractivity contribution in [3.63, 3.8) is 0 Å². The molecule has 0 saturated heterocycles. The van der Waals surface area contributed by atoms with Gasteiger partial charge in [0.25, 0.3) is 0 Å². The number of amides is 1. The highest BCUT2D eigenvalue weighted by atomic mass is 16.5. The van der Waals surface area contributed by atoms with Gasteiger partial charge >= 0.3 is 5.97 Å². The van der Waals surface area contributed by atoms with Crippen LogP contribution in [0.2, 0.25) is 0 Å². The number of carboxylic acids is 1. The van der Waals surface area contributed by atoms with Crippen molar-refractivity contribution >= 4 is 12.4 Å². The Hall–Kier alpha value is -1.10. The minimum Gasteiger partial charge on any atom is -0.479 e. The third-order valence-corrected chi connectivity index (χ3v) is 2.48. The molecule has 0 rings (SSSR count). The maximum absolute atomic E-state index is 11.2. The van der Waals surface area contributed by atoms with E-state index in [9.17, 15) is 9.59 Å². The molecule has 0 aromatic heterocycles. The molecule has 0 aromatic carbocycles. The fourth-order valence-corrected chi connectivity index (χ4v) is 1.45. The molecule has 0 aliphatic carbocycles. The molecule has 0 heterocycles. The number of carbonyl (C=O) groups excluding carboxylic acids is 1. The molecule has 0 spiro atoms. The number of hydrogen-bond acceptors (Lipinski definition) is 3. The van der Waals surface area contributed by atoms with Gasteiger partial charge in [0.1, 0.15) is 0 Å². The summed E-state index contributed by atoms with van der Waals surface area (Å²) in [6, 6.07) is 0. The third-order valence-electron chi connectivity index (χ3n) is 2.48. The van der Waals surface area contributed by atoms with Gasteiger partial charge in [-0.1, -0.05) is 13.8 Å². The molecular formula is C9H17NO4. The summed E-state index contributed by atoms with van der Waals surface area (Å²) in [6.07, 6.45) is 0.507. The van der Waals surface area contributed by atoms with Crippen LogP contribution in [0.1, 0.15) is 13.8 Å². The van der Waals surface area contributed by atoms with Gasteiger partial charge < -0.3 is 14.7 Å². The maximum atomic E-state index is 11.2. The van der Waals surface area contributed by atoms with Crippen LogP contribution in [0.15, 0.2) is 0 Å². The van der Waals surface area contributed by atoms with Crippen molar-refractivity contribution in [3.8, 4) is 0 Å². The summed E-state index contributed by atoms with van der Waals surface area (Å²) >= 11 is 0. The predicted octanol–water partition coefficient (Wildman–Crippen LogP) is 0.200. The van der Waals surface area contributed by atoms with Crippen molar-refractivity contribution in [2.75, 3.05) is 20.8 Å². The SMILES string of the molecule is COCC(C(=O)O)(C(C)C)N(C)C=O. The van der Waals surface area contributed by atoms with Gasteiger partial charge in [-0.15, -0.1) is 0 Å². The zero-order valence-electron chi connectivity index (χ0n) is 8.98. The number of methoxy groups -OCH3 is 1. The number of carbonyl (C=O) groups is 2. The first-order valence-corrected chi connectivity index (χ1v) is 4.34. The molecule has 0 fully saturated rings. The van der Waals surface area contributed by atoms with Crippen molar-refractivity contribution in [1.82, 2.24) is 4.90 Å². The van der Waals surface area contributed by atoms with Gasteiger partial charge in [-0.25, -0.2) is 4.79 Å². The van der Waals surface area contributed by atoms with Crippen molar-refractivity contribution in [1.29, 1.82) is 0 Å². The van der Waals surface area contributed by atoms with Gasteiger partial charge in [0.15, 0.2) is 5.54 Å². The van der Waals surface area contributed by atoms with Gasteiger partial charge in [0.05, 0.1) is 6.61 Å². The maximum Gasteiger partial charge on any atom is 0.332 e. The summed E-state index contributed by atoms with van der Waals surface area (Å²) in [6.45, 7) is 3.47. The topological polar surface area (TPSA) is 66.8 Å². The minimum absolute atomic E-state index is 0.0186. The summed E-state index contributed by atoms with van der Waals surface area (Å²) < 4.78 is 4.87. The molecule has 5 nitrogen and oxygen atoms in total. The zero-order valence-corrected chi connectivity index (χ0v) is 8.98. The smallest absolute Gasteiger partial charge is 0.332 e. The van der Waals surface area contributed by atoms with Crippen molar-refractivity contribution < 1.29 is 19.4 Å². The first-order valence-electron chi connectivity index (χ1n) is 4.34. The minimum atomic E-state index is -1.28. The number of likely N-dealkylation sites (N-methyl/N-ethyl adjacent to an activating group) is 1. The van der Waals surface area contributed by atoms with E-state index in [4.69, 9.17) is 9.84 Å². The van der Waals surface area contributed by atoms with Crippen molar-refractivity contribution in [2.45, 2.75) is 19.4 Å².